The lowest BCUT2D eigenvalue weighted by atomic mass is 10.0. The van der Waals surface area contributed by atoms with Crippen LogP contribution in [0.15, 0.2) is 35.3 Å². The van der Waals surface area contributed by atoms with Crippen LogP contribution in [-0.2, 0) is 6.61 Å². The minimum absolute atomic E-state index is 0.0490. The molecule has 0 fully saturated rings. The number of aromatic nitrogens is 4. The van der Waals surface area contributed by atoms with Crippen molar-refractivity contribution in [1.82, 2.24) is 19.9 Å². The Balaban J connectivity index is 1.89. The van der Waals surface area contributed by atoms with Gasteiger partial charge >= 0.3 is 6.01 Å². The van der Waals surface area contributed by atoms with Crippen LogP contribution in [0.3, 0.4) is 0 Å². The summed E-state index contributed by atoms with van der Waals surface area (Å²) in [5, 5.41) is 12.9. The topological polar surface area (TPSA) is 113 Å². The monoisotopic (exact) mass is 383 g/mol. The molecule has 0 unspecified atom stereocenters. The number of fused-ring (bicyclic) bond motifs is 1. The first-order valence-electron chi connectivity index (χ1n) is 9.27. The van der Waals surface area contributed by atoms with Crippen LogP contribution in [0.1, 0.15) is 31.4 Å². The van der Waals surface area contributed by atoms with E-state index < -0.39 is 0 Å². The number of anilines is 1. The number of hydrogen-bond donors (Lipinski definition) is 3. The van der Waals surface area contributed by atoms with E-state index in [0.29, 0.717) is 23.9 Å². The van der Waals surface area contributed by atoms with Crippen LogP contribution in [0.4, 0.5) is 5.82 Å². The summed E-state index contributed by atoms with van der Waals surface area (Å²) in [5.41, 5.74) is 2.50. The van der Waals surface area contributed by atoms with E-state index in [1.807, 2.05) is 31.2 Å². The molecule has 3 rings (SSSR count). The molecule has 1 atom stereocenters. The Labute approximate surface area is 163 Å². The molecule has 0 amide bonds. The third-order valence-corrected chi connectivity index (χ3v) is 4.22. The highest BCUT2D eigenvalue weighted by Crippen LogP contribution is 2.21. The fourth-order valence-corrected chi connectivity index (χ4v) is 2.85. The zero-order valence-corrected chi connectivity index (χ0v) is 16.3. The summed E-state index contributed by atoms with van der Waals surface area (Å²) in [6, 6.07) is 7.89. The molecule has 148 valence electrons. The van der Waals surface area contributed by atoms with Crippen molar-refractivity contribution in [1.29, 1.82) is 0 Å². The van der Waals surface area contributed by atoms with Crippen molar-refractivity contribution in [2.75, 3.05) is 11.9 Å². The summed E-state index contributed by atoms with van der Waals surface area (Å²) < 4.78 is 5.74. The van der Waals surface area contributed by atoms with Gasteiger partial charge in [0, 0.05) is 0 Å². The van der Waals surface area contributed by atoms with Crippen LogP contribution < -0.4 is 15.6 Å². The van der Waals surface area contributed by atoms with Gasteiger partial charge in [-0.25, -0.2) is 4.98 Å². The Morgan fingerprint density at radius 2 is 1.96 bits per heavy atom. The Morgan fingerprint density at radius 1 is 1.21 bits per heavy atom. The third-order valence-electron chi connectivity index (χ3n) is 4.22. The molecule has 2 aromatic heterocycles. The molecule has 3 aromatic rings. The van der Waals surface area contributed by atoms with E-state index in [-0.39, 0.29) is 29.9 Å². The highest BCUT2D eigenvalue weighted by atomic mass is 16.5. The van der Waals surface area contributed by atoms with E-state index >= 15 is 0 Å². The maximum Gasteiger partial charge on any atom is 0.320 e. The van der Waals surface area contributed by atoms with Crippen molar-refractivity contribution < 1.29 is 9.84 Å². The number of aryl methyl sites for hydroxylation is 1. The summed E-state index contributed by atoms with van der Waals surface area (Å²) in [7, 11) is 0. The van der Waals surface area contributed by atoms with Crippen LogP contribution in [0, 0.1) is 12.8 Å². The molecule has 8 nitrogen and oxygen atoms in total. The molecular formula is C20H25N5O3. The number of aromatic amines is 1. The van der Waals surface area contributed by atoms with E-state index in [0.717, 1.165) is 12.0 Å². The van der Waals surface area contributed by atoms with Gasteiger partial charge in [0.25, 0.3) is 5.56 Å². The Hall–Kier alpha value is -3.00. The first kappa shape index (κ1) is 19.8. The van der Waals surface area contributed by atoms with Crippen LogP contribution in [0.2, 0.25) is 0 Å². The van der Waals surface area contributed by atoms with Gasteiger partial charge in [-0.1, -0.05) is 43.7 Å². The van der Waals surface area contributed by atoms with Gasteiger partial charge in [-0.3, -0.25) is 4.79 Å². The van der Waals surface area contributed by atoms with Crippen molar-refractivity contribution >= 4 is 17.0 Å². The maximum atomic E-state index is 11.7. The number of hydrogen-bond acceptors (Lipinski definition) is 7. The third kappa shape index (κ3) is 5.04. The minimum atomic E-state index is -0.359. The highest BCUT2D eigenvalue weighted by molar-refractivity contribution is 5.82. The summed E-state index contributed by atoms with van der Waals surface area (Å²) >= 11 is 0. The fraction of sp³-hybridized carbons (Fsp3) is 0.400. The lowest BCUT2D eigenvalue weighted by Crippen LogP contribution is -2.26. The van der Waals surface area contributed by atoms with Crippen LogP contribution >= 0.6 is 0 Å². The zero-order chi connectivity index (χ0) is 20.1. The average molecular weight is 383 g/mol. The normalized spacial score (nSPS) is 12.3. The average Bonchev–Trinajstić information content (AvgIpc) is 2.66. The first-order valence-corrected chi connectivity index (χ1v) is 9.27. The largest absolute Gasteiger partial charge is 0.458 e. The Morgan fingerprint density at radius 3 is 2.64 bits per heavy atom. The molecule has 0 saturated heterocycles. The van der Waals surface area contributed by atoms with E-state index in [1.165, 1.54) is 11.8 Å². The quantitative estimate of drug-likeness (QED) is 0.547. The van der Waals surface area contributed by atoms with Crippen molar-refractivity contribution in [2.24, 2.45) is 5.92 Å². The van der Waals surface area contributed by atoms with Gasteiger partial charge in [0.1, 0.15) is 12.1 Å². The predicted octanol–water partition coefficient (Wildman–Crippen LogP) is 2.42. The second kappa shape index (κ2) is 8.79. The van der Waals surface area contributed by atoms with Gasteiger partial charge in [-0.2, -0.15) is 9.97 Å². The number of aliphatic hydroxyl groups is 1. The summed E-state index contributed by atoms with van der Waals surface area (Å²) in [6.07, 6.45) is 1.94. The van der Waals surface area contributed by atoms with Crippen molar-refractivity contribution in [3.63, 3.8) is 0 Å². The van der Waals surface area contributed by atoms with E-state index in [1.54, 1.807) is 0 Å². The summed E-state index contributed by atoms with van der Waals surface area (Å²) in [4.78, 5) is 27.2. The van der Waals surface area contributed by atoms with Gasteiger partial charge in [-0.05, 0) is 24.8 Å². The maximum absolute atomic E-state index is 11.7. The molecular weight excluding hydrogens is 358 g/mol. The molecule has 0 radical (unpaired) electrons. The highest BCUT2D eigenvalue weighted by Gasteiger charge is 2.16. The number of benzene rings is 1. The molecule has 3 N–H and O–H groups in total. The molecule has 0 spiro atoms. The Bertz CT molecular complexity index is 985. The van der Waals surface area contributed by atoms with Crippen LogP contribution in [0.25, 0.3) is 11.2 Å². The van der Waals surface area contributed by atoms with Gasteiger partial charge in [-0.15, -0.1) is 0 Å². The molecule has 2 heterocycles. The van der Waals surface area contributed by atoms with Crippen LogP contribution in [-0.4, -0.2) is 37.7 Å². The molecule has 28 heavy (non-hydrogen) atoms. The fourth-order valence-electron chi connectivity index (χ4n) is 2.85. The van der Waals surface area contributed by atoms with E-state index in [4.69, 9.17) is 4.74 Å². The summed E-state index contributed by atoms with van der Waals surface area (Å²) in [6.45, 7) is 6.42. The predicted molar refractivity (Wildman–Crippen MR) is 107 cm³/mol. The Kier molecular flexibility index (Phi) is 6.20. The van der Waals surface area contributed by atoms with Gasteiger partial charge < -0.3 is 20.1 Å². The van der Waals surface area contributed by atoms with Crippen molar-refractivity contribution in [3.05, 3.63) is 51.9 Å². The molecule has 0 aliphatic carbocycles. The van der Waals surface area contributed by atoms with Gasteiger partial charge in [0.2, 0.25) is 0 Å². The van der Waals surface area contributed by atoms with Crippen molar-refractivity contribution in [2.45, 2.75) is 39.8 Å². The molecule has 0 bridgehead atoms. The first-order chi connectivity index (χ1) is 13.4. The number of rotatable bonds is 8. The smallest absolute Gasteiger partial charge is 0.320 e. The van der Waals surface area contributed by atoms with Gasteiger partial charge in [0.05, 0.1) is 18.8 Å². The van der Waals surface area contributed by atoms with E-state index in [2.05, 4.69) is 39.1 Å². The molecule has 1 aromatic carbocycles. The zero-order valence-electron chi connectivity index (χ0n) is 16.3. The van der Waals surface area contributed by atoms with Crippen molar-refractivity contribution in [3.8, 4) is 6.01 Å². The molecule has 8 heteroatoms. The van der Waals surface area contributed by atoms with Gasteiger partial charge in [0.15, 0.2) is 11.5 Å². The number of ether oxygens (including phenoxy) is 1. The van der Waals surface area contributed by atoms with E-state index in [9.17, 15) is 9.90 Å². The second-order valence-electron chi connectivity index (χ2n) is 7.23. The number of nitrogens with one attached hydrogen (secondary N) is 2. The second-order valence-corrected chi connectivity index (χ2v) is 7.23. The molecule has 0 aliphatic heterocycles. The van der Waals surface area contributed by atoms with Crippen LogP contribution in [0.5, 0.6) is 6.01 Å². The molecule has 0 aliphatic rings. The standard InChI is InChI=1S/C20H25N5O3/c1-12(2)8-15(10-26)22-18-17-19(23-16(27)9-21-17)25-20(24-18)28-11-14-6-4-13(3)5-7-14/h4-7,9,12,15,26H,8,10-11H2,1-3H3,(H2,22,23,24,25,27)/t15-/m1/s1. The summed E-state index contributed by atoms with van der Waals surface area (Å²) in [5.74, 6) is 0.808. The lowest BCUT2D eigenvalue weighted by Gasteiger charge is -2.19. The minimum Gasteiger partial charge on any atom is -0.458 e. The SMILES string of the molecule is Cc1ccc(COc2nc(N[C@@H](CO)CC(C)C)c3ncc(=O)[nH]c3n2)cc1. The molecule has 0 saturated carbocycles. The number of nitrogens with zero attached hydrogens (tertiary/aromatic N) is 3. The number of aliphatic hydroxyl groups excluding tert-OH is 1. The lowest BCUT2D eigenvalue weighted by molar-refractivity contribution is 0.258. The number of H-pyrrole nitrogens is 1.